The number of hydrogen-bond donors (Lipinski definition) is 1. The molecule has 0 saturated heterocycles. The molecule has 1 N–H and O–H groups in total. The van der Waals surface area contributed by atoms with Crippen molar-refractivity contribution >= 4 is 0 Å². The summed E-state index contributed by atoms with van der Waals surface area (Å²) in [7, 11) is 0. The third kappa shape index (κ3) is 2.90. The predicted molar refractivity (Wildman–Crippen MR) is 68.3 cm³/mol. The highest BCUT2D eigenvalue weighted by molar-refractivity contribution is 5.42. The number of nitriles is 1. The first-order valence-electron chi connectivity index (χ1n) is 5.72. The molecule has 0 unspecified atom stereocenters. The molecule has 0 aliphatic rings. The van der Waals surface area contributed by atoms with Crippen LogP contribution < -0.4 is 4.74 Å². The molecule has 0 atom stereocenters. The fourth-order valence-corrected chi connectivity index (χ4v) is 1.70. The first kappa shape index (κ1) is 13.1. The zero-order valence-electron chi connectivity index (χ0n) is 10.4. The summed E-state index contributed by atoms with van der Waals surface area (Å²) in [6.45, 7) is 1.71. The summed E-state index contributed by atoms with van der Waals surface area (Å²) in [6.07, 6.45) is 0. The van der Waals surface area contributed by atoms with Crippen LogP contribution in [0.3, 0.4) is 0 Å². The lowest BCUT2D eigenvalue weighted by atomic mass is 10.1. The topological polar surface area (TPSA) is 53.2 Å². The summed E-state index contributed by atoms with van der Waals surface area (Å²) in [6, 6.07) is 11.1. The van der Waals surface area contributed by atoms with Gasteiger partial charge in [-0.1, -0.05) is 17.7 Å². The Balaban J connectivity index is 2.34. The highest BCUT2D eigenvalue weighted by Gasteiger charge is 2.09. The van der Waals surface area contributed by atoms with Crippen LogP contribution in [-0.2, 0) is 6.61 Å². The molecule has 0 radical (unpaired) electrons. The molecule has 0 aliphatic carbocycles. The van der Waals surface area contributed by atoms with E-state index in [2.05, 4.69) is 0 Å². The van der Waals surface area contributed by atoms with Crippen molar-refractivity contribution < 1.29 is 14.2 Å². The Morgan fingerprint density at radius 3 is 2.58 bits per heavy atom. The van der Waals surface area contributed by atoms with Crippen molar-refractivity contribution in [3.05, 3.63) is 58.9 Å². The Hall–Kier alpha value is -2.38. The van der Waals surface area contributed by atoms with Crippen LogP contribution in [-0.4, -0.2) is 5.11 Å². The fraction of sp³-hybridized carbons (Fsp3) is 0.133. The van der Waals surface area contributed by atoms with Gasteiger partial charge in [-0.15, -0.1) is 0 Å². The molecule has 0 spiro atoms. The maximum Gasteiger partial charge on any atom is 0.167 e. The monoisotopic (exact) mass is 257 g/mol. The molecule has 96 valence electrons. The number of nitrogens with zero attached hydrogens (tertiary/aromatic N) is 1. The molecule has 0 heterocycles. The molecule has 0 bridgehead atoms. The summed E-state index contributed by atoms with van der Waals surface area (Å²) in [5.41, 5.74) is 1.80. The minimum Gasteiger partial charge on any atom is -0.454 e. The van der Waals surface area contributed by atoms with E-state index < -0.39 is 5.82 Å². The zero-order valence-corrected chi connectivity index (χ0v) is 10.4. The van der Waals surface area contributed by atoms with Gasteiger partial charge < -0.3 is 9.84 Å². The number of aliphatic hydroxyl groups excluding tert-OH is 1. The standard InChI is InChI=1S/C15H12FNO2/c1-10-2-4-14(12(6-10)9-18)19-15-5-3-11(8-17)7-13(15)16/h2-7,18H,9H2,1H3. The van der Waals surface area contributed by atoms with E-state index in [0.29, 0.717) is 11.3 Å². The molecule has 0 aliphatic heterocycles. The highest BCUT2D eigenvalue weighted by atomic mass is 19.1. The van der Waals surface area contributed by atoms with Crippen LogP contribution in [0, 0.1) is 24.1 Å². The Bertz CT molecular complexity index is 647. The number of benzene rings is 2. The first-order chi connectivity index (χ1) is 9.13. The minimum atomic E-state index is -0.608. The first-order valence-corrected chi connectivity index (χ1v) is 5.72. The molecule has 2 rings (SSSR count). The molecule has 19 heavy (non-hydrogen) atoms. The van der Waals surface area contributed by atoms with E-state index >= 15 is 0 Å². The van der Waals surface area contributed by atoms with Crippen molar-refractivity contribution in [3.63, 3.8) is 0 Å². The van der Waals surface area contributed by atoms with Crippen molar-refractivity contribution in [1.29, 1.82) is 5.26 Å². The normalized spacial score (nSPS) is 10.0. The van der Waals surface area contributed by atoms with Gasteiger partial charge in [0.2, 0.25) is 0 Å². The van der Waals surface area contributed by atoms with E-state index in [9.17, 15) is 9.50 Å². The van der Waals surface area contributed by atoms with Crippen LogP contribution in [0.4, 0.5) is 4.39 Å². The van der Waals surface area contributed by atoms with Gasteiger partial charge in [0.25, 0.3) is 0 Å². The average Bonchev–Trinajstić information content (AvgIpc) is 2.42. The second-order valence-electron chi connectivity index (χ2n) is 4.13. The van der Waals surface area contributed by atoms with Gasteiger partial charge in [0.15, 0.2) is 11.6 Å². The number of hydrogen-bond acceptors (Lipinski definition) is 3. The second kappa shape index (κ2) is 5.51. The molecule has 0 amide bonds. The van der Waals surface area contributed by atoms with E-state index in [1.165, 1.54) is 12.1 Å². The third-order valence-corrected chi connectivity index (χ3v) is 2.67. The lowest BCUT2D eigenvalue weighted by Gasteiger charge is -2.11. The van der Waals surface area contributed by atoms with Crippen LogP contribution in [0.25, 0.3) is 0 Å². The highest BCUT2D eigenvalue weighted by Crippen LogP contribution is 2.28. The van der Waals surface area contributed by atoms with Gasteiger partial charge in [-0.2, -0.15) is 5.26 Å². The summed E-state index contributed by atoms with van der Waals surface area (Å²) in [4.78, 5) is 0. The van der Waals surface area contributed by atoms with Gasteiger partial charge in [0.05, 0.1) is 18.2 Å². The smallest absolute Gasteiger partial charge is 0.167 e. The fourth-order valence-electron chi connectivity index (χ4n) is 1.70. The van der Waals surface area contributed by atoms with Gasteiger partial charge >= 0.3 is 0 Å². The van der Waals surface area contributed by atoms with Crippen LogP contribution >= 0.6 is 0 Å². The van der Waals surface area contributed by atoms with Gasteiger partial charge in [-0.25, -0.2) is 4.39 Å². The quantitative estimate of drug-likeness (QED) is 0.917. The number of ether oxygens (including phenoxy) is 1. The SMILES string of the molecule is Cc1ccc(Oc2ccc(C#N)cc2F)c(CO)c1. The molecule has 3 nitrogen and oxygen atoms in total. The maximum atomic E-state index is 13.7. The van der Waals surface area contributed by atoms with Gasteiger partial charge in [-0.3, -0.25) is 0 Å². The predicted octanol–water partition coefficient (Wildman–Crippen LogP) is 3.29. The molecule has 0 aromatic heterocycles. The van der Waals surface area contributed by atoms with Gasteiger partial charge in [0.1, 0.15) is 5.75 Å². The van der Waals surface area contributed by atoms with Crippen molar-refractivity contribution in [2.75, 3.05) is 0 Å². The lowest BCUT2D eigenvalue weighted by Crippen LogP contribution is -1.94. The molecule has 4 heteroatoms. The van der Waals surface area contributed by atoms with E-state index in [4.69, 9.17) is 10.00 Å². The van der Waals surface area contributed by atoms with Crippen LogP contribution in [0.5, 0.6) is 11.5 Å². The Labute approximate surface area is 110 Å². The molecular weight excluding hydrogens is 245 g/mol. The van der Waals surface area contributed by atoms with Crippen LogP contribution in [0.1, 0.15) is 16.7 Å². The Morgan fingerprint density at radius 1 is 1.21 bits per heavy atom. The number of rotatable bonds is 3. The molecule has 2 aromatic rings. The van der Waals surface area contributed by atoms with Crippen LogP contribution in [0.15, 0.2) is 36.4 Å². The second-order valence-corrected chi connectivity index (χ2v) is 4.13. The van der Waals surface area contributed by atoms with Crippen LogP contribution in [0.2, 0.25) is 0 Å². The van der Waals surface area contributed by atoms with E-state index in [0.717, 1.165) is 11.6 Å². The molecule has 2 aromatic carbocycles. The summed E-state index contributed by atoms with van der Waals surface area (Å²) >= 11 is 0. The Kier molecular flexibility index (Phi) is 3.79. The number of aliphatic hydroxyl groups is 1. The van der Waals surface area contributed by atoms with E-state index in [-0.39, 0.29) is 17.9 Å². The summed E-state index contributed by atoms with van der Waals surface area (Å²) < 4.78 is 19.1. The van der Waals surface area contributed by atoms with E-state index in [1.54, 1.807) is 12.1 Å². The van der Waals surface area contributed by atoms with Crippen molar-refractivity contribution in [2.24, 2.45) is 0 Å². The molecule has 0 saturated carbocycles. The number of halogens is 1. The molecular formula is C15H12FNO2. The minimum absolute atomic E-state index is 0.0255. The summed E-state index contributed by atoms with van der Waals surface area (Å²) in [5.74, 6) is -0.183. The maximum absolute atomic E-state index is 13.7. The van der Waals surface area contributed by atoms with Gasteiger partial charge in [0, 0.05) is 5.56 Å². The van der Waals surface area contributed by atoms with Crippen molar-refractivity contribution in [1.82, 2.24) is 0 Å². The van der Waals surface area contributed by atoms with Gasteiger partial charge in [-0.05, 0) is 31.2 Å². The lowest BCUT2D eigenvalue weighted by molar-refractivity contribution is 0.276. The zero-order chi connectivity index (χ0) is 13.8. The largest absolute Gasteiger partial charge is 0.454 e. The Morgan fingerprint density at radius 2 is 1.95 bits per heavy atom. The van der Waals surface area contributed by atoms with Crippen molar-refractivity contribution in [3.8, 4) is 17.6 Å². The number of aryl methyl sites for hydroxylation is 1. The average molecular weight is 257 g/mol. The molecule has 0 fully saturated rings. The summed E-state index contributed by atoms with van der Waals surface area (Å²) in [5, 5.41) is 17.9. The third-order valence-electron chi connectivity index (χ3n) is 2.67. The van der Waals surface area contributed by atoms with E-state index in [1.807, 2.05) is 19.1 Å². The van der Waals surface area contributed by atoms with Crippen molar-refractivity contribution in [2.45, 2.75) is 13.5 Å².